The third-order valence-electron chi connectivity index (χ3n) is 4.03. The van der Waals surface area contributed by atoms with E-state index < -0.39 is 4.67 Å². The van der Waals surface area contributed by atoms with Gasteiger partial charge in [0.2, 0.25) is 0 Å². The minimum Gasteiger partial charge on any atom is -0.493 e. The number of benzene rings is 3. The fourth-order valence-electron chi connectivity index (χ4n) is 2.59. The first kappa shape index (κ1) is 25.0. The van der Waals surface area contributed by atoms with E-state index in [0.717, 1.165) is 28.8 Å². The first-order valence-electron chi connectivity index (χ1n) is 10.3. The lowest BCUT2D eigenvalue weighted by atomic mass is 10.3. The van der Waals surface area contributed by atoms with Crippen molar-refractivity contribution in [2.75, 3.05) is 37.9 Å². The molecule has 0 saturated heterocycles. The van der Waals surface area contributed by atoms with Crippen LogP contribution in [0, 0.1) is 0 Å². The Balaban J connectivity index is 1.43. The predicted octanol–water partition coefficient (Wildman–Crippen LogP) is 6.93. The van der Waals surface area contributed by atoms with Gasteiger partial charge in [0.15, 0.2) is 4.67 Å². The molecular formula is C24H27O4PS3. The molecule has 0 aliphatic carbocycles. The average molecular weight is 507 g/mol. The summed E-state index contributed by atoms with van der Waals surface area (Å²) in [7, 11) is 0. The Hall–Kier alpha value is -1.63. The normalized spacial score (nSPS) is 11.1. The molecule has 0 bridgehead atoms. The van der Waals surface area contributed by atoms with Gasteiger partial charge in [0.1, 0.15) is 23.9 Å². The number of hydrogen-bond acceptors (Lipinski definition) is 7. The average Bonchev–Trinajstić information content (AvgIpc) is 2.85. The quantitative estimate of drug-likeness (QED) is 0.163. The van der Waals surface area contributed by atoms with Crippen molar-refractivity contribution in [1.29, 1.82) is 0 Å². The molecule has 0 amide bonds. The van der Waals surface area contributed by atoms with Crippen molar-refractivity contribution in [3.63, 3.8) is 0 Å². The van der Waals surface area contributed by atoms with Crippen LogP contribution < -0.4 is 14.2 Å². The van der Waals surface area contributed by atoms with Crippen LogP contribution in [0.4, 0.5) is 0 Å². The number of rotatable bonds is 15. The van der Waals surface area contributed by atoms with Gasteiger partial charge in [-0.3, -0.25) is 0 Å². The van der Waals surface area contributed by atoms with E-state index in [4.69, 9.17) is 30.5 Å². The van der Waals surface area contributed by atoms with E-state index in [-0.39, 0.29) is 0 Å². The Labute approximate surface area is 203 Å². The highest BCUT2D eigenvalue weighted by Gasteiger charge is 2.20. The van der Waals surface area contributed by atoms with Gasteiger partial charge in [0.05, 0.1) is 19.8 Å². The number of para-hydroxylation sites is 3. The van der Waals surface area contributed by atoms with Gasteiger partial charge >= 0.3 is 0 Å². The van der Waals surface area contributed by atoms with Crippen molar-refractivity contribution in [3.8, 4) is 17.2 Å². The van der Waals surface area contributed by atoms with E-state index >= 15 is 0 Å². The van der Waals surface area contributed by atoms with Crippen LogP contribution in [0.5, 0.6) is 17.2 Å². The zero-order chi connectivity index (χ0) is 22.3. The third kappa shape index (κ3) is 9.88. The second kappa shape index (κ2) is 14.5. The van der Waals surface area contributed by atoms with Crippen molar-refractivity contribution in [2.45, 2.75) is 0 Å². The smallest absolute Gasteiger partial charge is 0.174 e. The van der Waals surface area contributed by atoms with Crippen molar-refractivity contribution in [3.05, 3.63) is 91.0 Å². The summed E-state index contributed by atoms with van der Waals surface area (Å²) in [6.07, 6.45) is 0. The van der Waals surface area contributed by atoms with E-state index in [9.17, 15) is 0 Å². The molecule has 0 spiro atoms. The summed E-state index contributed by atoms with van der Waals surface area (Å²) in [6.45, 7) is 2.08. The highest BCUT2D eigenvalue weighted by atomic mass is 33.2. The van der Waals surface area contributed by atoms with Crippen LogP contribution in [0.15, 0.2) is 91.0 Å². The summed E-state index contributed by atoms with van der Waals surface area (Å²) in [5, 5.41) is 0. The Bertz CT molecular complexity index is 807. The van der Waals surface area contributed by atoms with Crippen LogP contribution in [0.3, 0.4) is 0 Å². The third-order valence-corrected chi connectivity index (χ3v) is 13.6. The summed E-state index contributed by atoms with van der Waals surface area (Å²) in [5.41, 5.74) is 0. The molecule has 32 heavy (non-hydrogen) atoms. The van der Waals surface area contributed by atoms with Gasteiger partial charge in [-0.2, -0.15) is 0 Å². The maximum atomic E-state index is 6.17. The van der Waals surface area contributed by atoms with Gasteiger partial charge in [0, 0.05) is 11.5 Å². The zero-order valence-electron chi connectivity index (χ0n) is 17.7. The lowest BCUT2D eigenvalue weighted by Gasteiger charge is -2.21. The highest BCUT2D eigenvalue weighted by molar-refractivity contribution is 8.99. The fraction of sp³-hybridized carbons (Fsp3) is 0.250. The molecule has 0 atom stereocenters. The summed E-state index contributed by atoms with van der Waals surface area (Å²) >= 11 is 9.27. The lowest BCUT2D eigenvalue weighted by Crippen LogP contribution is -2.06. The molecule has 3 aromatic rings. The summed E-state index contributed by atoms with van der Waals surface area (Å²) in [5.74, 6) is 4.08. The SMILES string of the molecule is S=P(OCCOc1ccccc1)(SCCOc1ccccc1)SCCOc1ccccc1. The van der Waals surface area contributed by atoms with E-state index in [1.807, 2.05) is 91.0 Å². The molecule has 3 rings (SSSR count). The Morgan fingerprint density at radius 1 is 0.531 bits per heavy atom. The molecule has 0 aliphatic heterocycles. The molecule has 8 heteroatoms. The minimum atomic E-state index is -2.16. The summed E-state index contributed by atoms with van der Waals surface area (Å²) in [6, 6.07) is 29.3. The van der Waals surface area contributed by atoms with Crippen molar-refractivity contribution in [2.24, 2.45) is 0 Å². The highest BCUT2D eigenvalue weighted by Crippen LogP contribution is 2.69. The molecule has 0 heterocycles. The molecule has 0 N–H and O–H groups in total. The molecular weight excluding hydrogens is 479 g/mol. The van der Waals surface area contributed by atoms with E-state index in [1.54, 1.807) is 22.8 Å². The molecule has 3 aromatic carbocycles. The summed E-state index contributed by atoms with van der Waals surface area (Å²) in [4.78, 5) is 0. The van der Waals surface area contributed by atoms with Gasteiger partial charge in [-0.1, -0.05) is 77.4 Å². The predicted molar refractivity (Wildman–Crippen MR) is 141 cm³/mol. The first-order valence-corrected chi connectivity index (χ1v) is 16.2. The largest absolute Gasteiger partial charge is 0.493 e. The topological polar surface area (TPSA) is 36.9 Å². The maximum Gasteiger partial charge on any atom is 0.174 e. The van der Waals surface area contributed by atoms with Crippen LogP contribution in [-0.4, -0.2) is 37.9 Å². The van der Waals surface area contributed by atoms with Crippen molar-refractivity contribution in [1.82, 2.24) is 0 Å². The molecule has 170 valence electrons. The van der Waals surface area contributed by atoms with Crippen LogP contribution in [-0.2, 0) is 16.3 Å². The second-order valence-corrected chi connectivity index (χ2v) is 17.2. The molecule has 0 fully saturated rings. The van der Waals surface area contributed by atoms with E-state index in [0.29, 0.717) is 26.4 Å². The Kier molecular flexibility index (Phi) is 11.3. The monoisotopic (exact) mass is 506 g/mol. The van der Waals surface area contributed by atoms with Crippen LogP contribution in [0.1, 0.15) is 0 Å². The van der Waals surface area contributed by atoms with Gasteiger partial charge in [-0.25, -0.2) is 0 Å². The molecule has 4 nitrogen and oxygen atoms in total. The molecule has 0 aliphatic rings. The standard InChI is InChI=1S/C24H27O4PS3/c30-29(28-17-16-25-22-10-4-1-5-11-22,31-20-18-26-23-12-6-2-7-13-23)32-21-19-27-24-14-8-3-9-15-24/h1-15H,16-21H2. The van der Waals surface area contributed by atoms with E-state index in [1.165, 1.54) is 0 Å². The number of ether oxygens (including phenoxy) is 3. The summed E-state index contributed by atoms with van der Waals surface area (Å²) < 4.78 is 21.4. The molecule has 0 radical (unpaired) electrons. The minimum absolute atomic E-state index is 0.450. The van der Waals surface area contributed by atoms with Gasteiger partial charge in [-0.15, -0.1) is 0 Å². The second-order valence-electron chi connectivity index (χ2n) is 6.43. The molecule has 0 aromatic heterocycles. The molecule has 0 saturated carbocycles. The van der Waals surface area contributed by atoms with Crippen LogP contribution in [0.25, 0.3) is 0 Å². The van der Waals surface area contributed by atoms with Crippen LogP contribution in [0.2, 0.25) is 0 Å². The Morgan fingerprint density at radius 2 is 0.906 bits per heavy atom. The number of hydrogen-bond donors (Lipinski definition) is 0. The van der Waals surface area contributed by atoms with Gasteiger partial charge < -0.3 is 18.7 Å². The first-order chi connectivity index (χ1) is 15.7. The van der Waals surface area contributed by atoms with Gasteiger partial charge in [0.25, 0.3) is 0 Å². The van der Waals surface area contributed by atoms with E-state index in [2.05, 4.69) is 0 Å². The zero-order valence-corrected chi connectivity index (χ0v) is 21.1. The lowest BCUT2D eigenvalue weighted by molar-refractivity contribution is 0.235. The van der Waals surface area contributed by atoms with Crippen molar-refractivity contribution >= 4 is 39.2 Å². The fourth-order valence-corrected chi connectivity index (χ4v) is 10.4. The molecule has 0 unspecified atom stereocenters. The van der Waals surface area contributed by atoms with Crippen molar-refractivity contribution < 1.29 is 18.7 Å². The Morgan fingerprint density at radius 3 is 1.31 bits per heavy atom. The van der Waals surface area contributed by atoms with Crippen LogP contribution >= 0.6 is 27.4 Å². The maximum absolute atomic E-state index is 6.17. The van der Waals surface area contributed by atoms with Gasteiger partial charge in [-0.05, 0) is 48.2 Å².